The second kappa shape index (κ2) is 7.53. The summed E-state index contributed by atoms with van der Waals surface area (Å²) in [6.45, 7) is 2.01. The Morgan fingerprint density at radius 1 is 1.12 bits per heavy atom. The molecule has 0 unspecified atom stereocenters. The average Bonchev–Trinajstić information content (AvgIpc) is 2.62. The molecule has 1 amide bonds. The number of fused-ring (bicyclic) bond motifs is 1. The van der Waals surface area contributed by atoms with E-state index in [2.05, 4.69) is 21.2 Å². The maximum Gasteiger partial charge on any atom is 0.349 e. The van der Waals surface area contributed by atoms with E-state index in [-0.39, 0.29) is 12.2 Å². The molecule has 3 aromatic rings. The maximum atomic E-state index is 12.4. The number of amides is 1. The van der Waals surface area contributed by atoms with Gasteiger partial charge in [0.1, 0.15) is 11.1 Å². The molecule has 0 atom stereocenters. The number of anilines is 1. The number of halogens is 1. The van der Waals surface area contributed by atoms with Crippen LogP contribution >= 0.6 is 15.9 Å². The summed E-state index contributed by atoms with van der Waals surface area (Å²) in [5, 5.41) is 3.24. The van der Waals surface area contributed by atoms with E-state index in [1.54, 1.807) is 37.3 Å². The van der Waals surface area contributed by atoms with Crippen molar-refractivity contribution < 1.29 is 18.7 Å². The topological polar surface area (TPSA) is 85.6 Å². The number of rotatable bonds is 4. The Labute approximate surface area is 156 Å². The van der Waals surface area contributed by atoms with E-state index in [4.69, 9.17) is 9.15 Å². The van der Waals surface area contributed by atoms with Crippen LogP contribution in [0.1, 0.15) is 27.6 Å². The maximum absolute atomic E-state index is 12.4. The molecule has 0 bridgehead atoms. The second-order valence-corrected chi connectivity index (χ2v) is 6.30. The van der Waals surface area contributed by atoms with Crippen LogP contribution in [0.25, 0.3) is 11.0 Å². The van der Waals surface area contributed by atoms with Crippen molar-refractivity contribution in [2.75, 3.05) is 11.9 Å². The molecule has 26 heavy (non-hydrogen) atoms. The number of carbonyl (C=O) groups is 2. The molecule has 0 saturated carbocycles. The standard InChI is InChI=1S/C19H14BrNO5/c1-2-25-18(23)11-3-6-14(7-4-11)21-17(22)15-10-12-9-13(20)5-8-16(12)26-19(15)24/h3-10H,2H2,1H3,(H,21,22). The van der Waals surface area contributed by atoms with Gasteiger partial charge in [-0.15, -0.1) is 0 Å². The fraction of sp³-hybridized carbons (Fsp3) is 0.105. The third-order valence-corrected chi connectivity index (χ3v) is 4.09. The first kappa shape index (κ1) is 17.9. The number of carbonyl (C=O) groups excluding carboxylic acids is 2. The van der Waals surface area contributed by atoms with Gasteiger partial charge in [0, 0.05) is 15.5 Å². The fourth-order valence-corrected chi connectivity index (χ4v) is 2.73. The molecule has 7 heteroatoms. The van der Waals surface area contributed by atoms with Crippen LogP contribution in [0.5, 0.6) is 0 Å². The minimum Gasteiger partial charge on any atom is -0.462 e. The van der Waals surface area contributed by atoms with E-state index >= 15 is 0 Å². The Bertz CT molecular complexity index is 1040. The van der Waals surface area contributed by atoms with Gasteiger partial charge in [0.25, 0.3) is 5.91 Å². The Kier molecular flexibility index (Phi) is 5.18. The summed E-state index contributed by atoms with van der Waals surface area (Å²) < 4.78 is 10.9. The van der Waals surface area contributed by atoms with E-state index in [1.807, 2.05) is 0 Å². The third kappa shape index (κ3) is 3.83. The Morgan fingerprint density at radius 3 is 2.54 bits per heavy atom. The highest BCUT2D eigenvalue weighted by atomic mass is 79.9. The van der Waals surface area contributed by atoms with Crippen LogP contribution in [-0.2, 0) is 4.74 Å². The van der Waals surface area contributed by atoms with Gasteiger partial charge in [-0.25, -0.2) is 9.59 Å². The molecular weight excluding hydrogens is 402 g/mol. The van der Waals surface area contributed by atoms with Crippen LogP contribution in [0, 0.1) is 0 Å². The van der Waals surface area contributed by atoms with Gasteiger partial charge in [-0.3, -0.25) is 4.79 Å². The van der Waals surface area contributed by atoms with Gasteiger partial charge in [0.15, 0.2) is 0 Å². The number of nitrogens with one attached hydrogen (secondary N) is 1. The van der Waals surface area contributed by atoms with Gasteiger partial charge in [-0.1, -0.05) is 15.9 Å². The fourth-order valence-electron chi connectivity index (χ4n) is 2.36. The first-order valence-corrected chi connectivity index (χ1v) is 8.59. The predicted octanol–water partition coefficient (Wildman–Crippen LogP) is 3.98. The van der Waals surface area contributed by atoms with E-state index in [0.29, 0.717) is 22.2 Å². The van der Waals surface area contributed by atoms with Gasteiger partial charge in [0.2, 0.25) is 0 Å². The van der Waals surface area contributed by atoms with Crippen molar-refractivity contribution in [3.05, 3.63) is 74.6 Å². The molecule has 2 aromatic carbocycles. The smallest absolute Gasteiger partial charge is 0.349 e. The quantitative estimate of drug-likeness (QED) is 0.514. The van der Waals surface area contributed by atoms with Crippen LogP contribution in [-0.4, -0.2) is 18.5 Å². The molecule has 6 nitrogen and oxygen atoms in total. The van der Waals surface area contributed by atoms with Crippen molar-refractivity contribution >= 4 is 44.5 Å². The van der Waals surface area contributed by atoms with Gasteiger partial charge in [-0.2, -0.15) is 0 Å². The minimum atomic E-state index is -0.722. The highest BCUT2D eigenvalue weighted by Gasteiger charge is 2.15. The molecule has 132 valence electrons. The molecule has 3 rings (SSSR count). The van der Waals surface area contributed by atoms with Crippen molar-refractivity contribution in [3.8, 4) is 0 Å². The zero-order chi connectivity index (χ0) is 18.7. The summed E-state index contributed by atoms with van der Waals surface area (Å²) in [6, 6.07) is 12.8. The number of benzene rings is 2. The van der Waals surface area contributed by atoms with Crippen LogP contribution in [0.2, 0.25) is 0 Å². The Balaban J connectivity index is 1.83. The van der Waals surface area contributed by atoms with Gasteiger partial charge < -0.3 is 14.5 Å². The molecule has 0 spiro atoms. The highest BCUT2D eigenvalue weighted by molar-refractivity contribution is 9.10. The van der Waals surface area contributed by atoms with Gasteiger partial charge in [0.05, 0.1) is 12.2 Å². The lowest BCUT2D eigenvalue weighted by molar-refractivity contribution is 0.0526. The lowest BCUT2D eigenvalue weighted by Crippen LogP contribution is -2.20. The highest BCUT2D eigenvalue weighted by Crippen LogP contribution is 2.20. The van der Waals surface area contributed by atoms with Crippen LogP contribution in [0.15, 0.2) is 62.2 Å². The SMILES string of the molecule is CCOC(=O)c1ccc(NC(=O)c2cc3cc(Br)ccc3oc2=O)cc1. The first-order valence-electron chi connectivity index (χ1n) is 7.80. The minimum absolute atomic E-state index is 0.106. The molecule has 0 saturated heterocycles. The van der Waals surface area contributed by atoms with E-state index in [9.17, 15) is 14.4 Å². The van der Waals surface area contributed by atoms with E-state index in [1.165, 1.54) is 18.2 Å². The van der Waals surface area contributed by atoms with Crippen LogP contribution in [0.4, 0.5) is 5.69 Å². The summed E-state index contributed by atoms with van der Waals surface area (Å²) in [6.07, 6.45) is 0. The third-order valence-electron chi connectivity index (χ3n) is 3.59. The summed E-state index contributed by atoms with van der Waals surface area (Å²) in [4.78, 5) is 36.1. The lowest BCUT2D eigenvalue weighted by atomic mass is 10.1. The monoisotopic (exact) mass is 415 g/mol. The molecule has 1 heterocycles. The van der Waals surface area contributed by atoms with E-state index < -0.39 is 17.5 Å². The lowest BCUT2D eigenvalue weighted by Gasteiger charge is -2.07. The number of ether oxygens (including phenoxy) is 1. The largest absolute Gasteiger partial charge is 0.462 e. The second-order valence-electron chi connectivity index (χ2n) is 5.38. The molecule has 0 fully saturated rings. The predicted molar refractivity (Wildman–Crippen MR) is 101 cm³/mol. The van der Waals surface area contributed by atoms with Crippen molar-refractivity contribution in [2.45, 2.75) is 6.92 Å². The van der Waals surface area contributed by atoms with Crippen LogP contribution in [0.3, 0.4) is 0 Å². The summed E-state index contributed by atoms with van der Waals surface area (Å²) in [5.74, 6) is -1.03. The van der Waals surface area contributed by atoms with Crippen LogP contribution < -0.4 is 10.9 Å². The van der Waals surface area contributed by atoms with Crippen molar-refractivity contribution in [3.63, 3.8) is 0 Å². The van der Waals surface area contributed by atoms with Gasteiger partial charge in [-0.05, 0) is 55.5 Å². The van der Waals surface area contributed by atoms with Crippen molar-refractivity contribution in [1.82, 2.24) is 0 Å². The van der Waals surface area contributed by atoms with Crippen molar-refractivity contribution in [1.29, 1.82) is 0 Å². The molecular formula is C19H14BrNO5. The molecule has 0 aliphatic carbocycles. The molecule has 1 aromatic heterocycles. The summed E-state index contributed by atoms with van der Waals surface area (Å²) >= 11 is 3.34. The molecule has 1 N–H and O–H groups in total. The van der Waals surface area contributed by atoms with Gasteiger partial charge >= 0.3 is 11.6 Å². The van der Waals surface area contributed by atoms with E-state index in [0.717, 1.165) is 4.47 Å². The first-order chi connectivity index (χ1) is 12.5. The number of hydrogen-bond acceptors (Lipinski definition) is 5. The molecule has 0 radical (unpaired) electrons. The average molecular weight is 416 g/mol. The molecule has 0 aliphatic rings. The zero-order valence-electron chi connectivity index (χ0n) is 13.7. The zero-order valence-corrected chi connectivity index (χ0v) is 15.3. The Hall–Kier alpha value is -2.93. The molecule has 0 aliphatic heterocycles. The normalized spacial score (nSPS) is 10.5. The summed E-state index contributed by atoms with van der Waals surface area (Å²) in [7, 11) is 0. The summed E-state index contributed by atoms with van der Waals surface area (Å²) in [5.41, 5.74) is 0.385. The number of hydrogen-bond donors (Lipinski definition) is 1. The number of esters is 1. The van der Waals surface area contributed by atoms with Crippen molar-refractivity contribution in [2.24, 2.45) is 0 Å². The Morgan fingerprint density at radius 2 is 1.85 bits per heavy atom.